The summed E-state index contributed by atoms with van der Waals surface area (Å²) in [6, 6.07) is 5.20. The lowest BCUT2D eigenvalue weighted by atomic mass is 10.2. The number of carbonyl (C=O) groups excluding carboxylic acids is 1. The number of amides is 1. The van der Waals surface area contributed by atoms with Crippen LogP contribution in [0.5, 0.6) is 5.75 Å². The van der Waals surface area contributed by atoms with Gasteiger partial charge in [-0.3, -0.25) is 9.59 Å². The van der Waals surface area contributed by atoms with Crippen molar-refractivity contribution in [2.75, 3.05) is 13.2 Å². The number of rotatable bonds is 7. The maximum Gasteiger partial charge on any atom is 0.322 e. The van der Waals surface area contributed by atoms with E-state index in [9.17, 15) is 9.59 Å². The molecule has 2 N–H and O–H groups in total. The monoisotopic (exact) mass is 373 g/mol. The van der Waals surface area contributed by atoms with Crippen LogP contribution in [0.3, 0.4) is 0 Å². The van der Waals surface area contributed by atoms with Crippen LogP contribution in [0.25, 0.3) is 15.4 Å². The molecule has 0 saturated heterocycles. The molecule has 1 heterocycles. The second-order valence-corrected chi connectivity index (χ2v) is 7.01. The number of aliphatic carboxylic acids is 1. The molecule has 0 atom stereocenters. The summed E-state index contributed by atoms with van der Waals surface area (Å²) in [5.41, 5.74) is 1.60. The van der Waals surface area contributed by atoms with Gasteiger partial charge in [0.05, 0.1) is 18.9 Å². The van der Waals surface area contributed by atoms with E-state index in [1.165, 1.54) is 0 Å². The van der Waals surface area contributed by atoms with Gasteiger partial charge in [-0.05, 0) is 25.0 Å². The van der Waals surface area contributed by atoms with Crippen molar-refractivity contribution in [2.45, 2.75) is 20.8 Å². The van der Waals surface area contributed by atoms with Crippen molar-refractivity contribution in [2.24, 2.45) is 5.92 Å². The molecule has 0 saturated carbocycles. The summed E-state index contributed by atoms with van der Waals surface area (Å²) < 4.78 is 5.65. The lowest BCUT2D eigenvalue weighted by molar-refractivity contribution is -0.135. The van der Waals surface area contributed by atoms with Gasteiger partial charge in [0, 0.05) is 5.56 Å². The van der Waals surface area contributed by atoms with Crippen LogP contribution in [0.2, 0.25) is 0 Å². The number of hydrogen-bond donors (Lipinski definition) is 2. The molecule has 0 bridgehead atoms. The lowest BCUT2D eigenvalue weighted by Gasteiger charge is -2.10. The van der Waals surface area contributed by atoms with Gasteiger partial charge >= 0.3 is 5.97 Å². The van der Waals surface area contributed by atoms with Crippen LogP contribution in [0.15, 0.2) is 18.2 Å². The number of ether oxygens (including phenoxy) is 1. The Balaban J connectivity index is 2.26. The summed E-state index contributed by atoms with van der Waals surface area (Å²) in [7, 11) is 0. The average Bonchev–Trinajstić information content (AvgIpc) is 2.99. The van der Waals surface area contributed by atoms with E-state index >= 15 is 0 Å². The van der Waals surface area contributed by atoms with Gasteiger partial charge in [0.2, 0.25) is 5.69 Å². The van der Waals surface area contributed by atoms with Gasteiger partial charge in [0.15, 0.2) is 0 Å². The van der Waals surface area contributed by atoms with Crippen LogP contribution in [0.1, 0.15) is 29.2 Å². The van der Waals surface area contributed by atoms with E-state index in [-0.39, 0.29) is 0 Å². The quantitative estimate of drug-likeness (QED) is 0.725. The van der Waals surface area contributed by atoms with Gasteiger partial charge in [-0.1, -0.05) is 19.9 Å². The average molecular weight is 373 g/mol. The SMILES string of the molecule is [C-]#[N+]c1cc(-c2nc(C)c(C(=O)NCC(=O)O)s2)ccc1OCC(C)C. The molecule has 1 aromatic carbocycles. The van der Waals surface area contributed by atoms with Crippen molar-refractivity contribution in [3.05, 3.63) is 40.2 Å². The number of benzene rings is 1. The number of nitrogens with one attached hydrogen (secondary N) is 1. The van der Waals surface area contributed by atoms with Crippen molar-refractivity contribution in [1.82, 2.24) is 10.3 Å². The van der Waals surface area contributed by atoms with E-state index in [4.69, 9.17) is 16.4 Å². The summed E-state index contributed by atoms with van der Waals surface area (Å²) in [4.78, 5) is 30.9. The molecule has 0 radical (unpaired) electrons. The Kier molecular flexibility index (Phi) is 6.31. The first-order valence-electron chi connectivity index (χ1n) is 7.94. The second-order valence-electron chi connectivity index (χ2n) is 6.01. The fourth-order valence-corrected chi connectivity index (χ4v) is 3.06. The van der Waals surface area contributed by atoms with Gasteiger partial charge in [-0.15, -0.1) is 11.3 Å². The maximum atomic E-state index is 12.1. The predicted octanol–water partition coefficient (Wildman–Crippen LogP) is 3.52. The standard InChI is InChI=1S/C18H19N3O4S/c1-10(2)9-25-14-6-5-12(7-13(14)19-4)18-21-11(3)16(26-18)17(24)20-8-15(22)23/h5-7,10H,8-9H2,1-3H3,(H,20,24)(H,22,23). The van der Waals surface area contributed by atoms with Crippen LogP contribution in [0.4, 0.5) is 5.69 Å². The zero-order chi connectivity index (χ0) is 19.3. The topological polar surface area (TPSA) is 92.9 Å². The van der Waals surface area contributed by atoms with Gasteiger partial charge in [0.25, 0.3) is 5.91 Å². The number of nitrogens with zero attached hydrogens (tertiary/aromatic N) is 2. The first-order chi connectivity index (χ1) is 12.3. The number of aromatic nitrogens is 1. The first-order valence-corrected chi connectivity index (χ1v) is 8.75. The molecule has 26 heavy (non-hydrogen) atoms. The second kappa shape index (κ2) is 8.45. The van der Waals surface area contributed by atoms with Gasteiger partial charge in [0.1, 0.15) is 22.2 Å². The minimum Gasteiger partial charge on any atom is -0.504 e. The van der Waals surface area contributed by atoms with Crippen LogP contribution in [-0.2, 0) is 4.79 Å². The summed E-state index contributed by atoms with van der Waals surface area (Å²) >= 11 is 1.16. The number of hydrogen-bond acceptors (Lipinski definition) is 5. The third-order valence-electron chi connectivity index (χ3n) is 3.30. The summed E-state index contributed by atoms with van der Waals surface area (Å²) in [5.74, 6) is -0.720. The highest BCUT2D eigenvalue weighted by atomic mass is 32.1. The number of carboxylic acids is 1. The molecule has 0 aliphatic heterocycles. The molecule has 0 spiro atoms. The summed E-state index contributed by atoms with van der Waals surface area (Å²) in [6.07, 6.45) is 0. The maximum absolute atomic E-state index is 12.1. The van der Waals surface area contributed by atoms with Crippen molar-refractivity contribution in [3.63, 3.8) is 0 Å². The van der Waals surface area contributed by atoms with E-state index < -0.39 is 18.4 Å². The van der Waals surface area contributed by atoms with E-state index in [1.807, 2.05) is 13.8 Å². The van der Waals surface area contributed by atoms with Gasteiger partial charge < -0.3 is 15.2 Å². The van der Waals surface area contributed by atoms with Crippen LogP contribution in [0, 0.1) is 19.4 Å². The number of thiazole rings is 1. The van der Waals surface area contributed by atoms with Crippen molar-refractivity contribution >= 4 is 28.9 Å². The molecule has 2 aromatic rings. The fourth-order valence-electron chi connectivity index (χ4n) is 2.08. The normalized spacial score (nSPS) is 10.4. The Morgan fingerprint density at radius 1 is 1.42 bits per heavy atom. The molecule has 0 unspecified atom stereocenters. The zero-order valence-corrected chi connectivity index (χ0v) is 15.5. The summed E-state index contributed by atoms with van der Waals surface area (Å²) in [5, 5.41) is 11.6. The van der Waals surface area contributed by atoms with E-state index in [1.54, 1.807) is 25.1 Å². The van der Waals surface area contributed by atoms with Crippen molar-refractivity contribution < 1.29 is 19.4 Å². The van der Waals surface area contributed by atoms with E-state index in [0.29, 0.717) is 45.1 Å². The minimum absolute atomic E-state index is 0.349. The Morgan fingerprint density at radius 3 is 2.77 bits per heavy atom. The molecule has 0 aliphatic carbocycles. The Labute approximate surface area is 155 Å². The number of aryl methyl sites for hydroxylation is 1. The molecule has 7 nitrogen and oxygen atoms in total. The minimum atomic E-state index is -1.11. The fraction of sp³-hybridized carbons (Fsp3) is 0.333. The lowest BCUT2D eigenvalue weighted by Crippen LogP contribution is -2.29. The van der Waals surface area contributed by atoms with Crippen LogP contribution < -0.4 is 10.1 Å². The van der Waals surface area contributed by atoms with E-state index in [2.05, 4.69) is 15.1 Å². The molecule has 1 aromatic heterocycles. The first kappa shape index (κ1) is 19.4. The smallest absolute Gasteiger partial charge is 0.322 e. The van der Waals surface area contributed by atoms with Crippen molar-refractivity contribution in [1.29, 1.82) is 0 Å². The molecular weight excluding hydrogens is 354 g/mol. The third kappa shape index (κ3) is 4.80. The molecule has 0 fully saturated rings. The molecule has 0 aliphatic rings. The van der Waals surface area contributed by atoms with Crippen LogP contribution in [-0.4, -0.2) is 35.1 Å². The Bertz CT molecular complexity index is 868. The predicted molar refractivity (Wildman–Crippen MR) is 98.9 cm³/mol. The highest BCUT2D eigenvalue weighted by molar-refractivity contribution is 7.17. The van der Waals surface area contributed by atoms with Gasteiger partial charge in [-0.25, -0.2) is 9.83 Å². The number of carboxylic acid groups (broad SMARTS) is 1. The van der Waals surface area contributed by atoms with Crippen LogP contribution >= 0.6 is 11.3 Å². The largest absolute Gasteiger partial charge is 0.504 e. The third-order valence-corrected chi connectivity index (χ3v) is 4.51. The highest BCUT2D eigenvalue weighted by Gasteiger charge is 2.17. The molecule has 136 valence electrons. The number of carbonyl (C=O) groups is 2. The summed E-state index contributed by atoms with van der Waals surface area (Å²) in [6.45, 7) is 13.2. The van der Waals surface area contributed by atoms with Crippen molar-refractivity contribution in [3.8, 4) is 16.3 Å². The zero-order valence-electron chi connectivity index (χ0n) is 14.7. The molecule has 2 rings (SSSR count). The molecular formula is C18H19N3O4S. The van der Waals surface area contributed by atoms with Gasteiger partial charge in [-0.2, -0.15) is 0 Å². The Morgan fingerprint density at radius 2 is 2.15 bits per heavy atom. The van der Waals surface area contributed by atoms with E-state index in [0.717, 1.165) is 11.3 Å². The Hall–Kier alpha value is -2.92. The molecule has 8 heteroatoms. The molecule has 1 amide bonds. The highest BCUT2D eigenvalue weighted by Crippen LogP contribution is 2.35.